The molecule has 2 unspecified atom stereocenters. The number of carboxylic acids is 2. The van der Waals surface area contributed by atoms with Crippen molar-refractivity contribution in [2.75, 3.05) is 12.3 Å². The number of hydrogen-bond acceptors (Lipinski definition) is 8. The summed E-state index contributed by atoms with van der Waals surface area (Å²) < 4.78 is 27.2. The summed E-state index contributed by atoms with van der Waals surface area (Å²) in [7, 11) is 0. The van der Waals surface area contributed by atoms with E-state index in [0.717, 1.165) is 0 Å². The molecule has 12 heteroatoms. The van der Waals surface area contributed by atoms with Crippen LogP contribution >= 0.6 is 11.8 Å². The van der Waals surface area contributed by atoms with E-state index in [4.69, 9.17) is 24.8 Å². The number of amides is 2. The lowest BCUT2D eigenvalue weighted by atomic mass is 10.1. The van der Waals surface area contributed by atoms with Crippen molar-refractivity contribution >= 4 is 35.5 Å². The maximum atomic E-state index is 12.4. The zero-order valence-electron chi connectivity index (χ0n) is 20.1. The Morgan fingerprint density at radius 2 is 2.03 bits per heavy atom. The monoisotopic (exact) mass is 466 g/mol. The Morgan fingerprint density at radius 3 is 2.68 bits per heavy atom. The average Bonchev–Trinajstić information content (AvgIpc) is 3.08. The van der Waals surface area contributed by atoms with Crippen LogP contribution in [0.2, 0.25) is 0 Å². The van der Waals surface area contributed by atoms with Crippen molar-refractivity contribution in [3.8, 4) is 0 Å². The Labute approximate surface area is 189 Å². The summed E-state index contributed by atoms with van der Waals surface area (Å²) in [6.07, 6.45) is 0.161. The molecule has 0 aromatic rings. The van der Waals surface area contributed by atoms with Crippen LogP contribution in [0.5, 0.6) is 0 Å². The fraction of sp³-hybridized carbons (Fsp3) is 0.789. The third kappa shape index (κ3) is 10.8. The number of nitrogens with two attached hydrogens (primary N) is 1. The molecule has 1 fully saturated rings. The van der Waals surface area contributed by atoms with Gasteiger partial charge in [-0.25, -0.2) is 0 Å². The molecule has 0 saturated carbocycles. The van der Waals surface area contributed by atoms with Gasteiger partial charge in [-0.2, -0.15) is 11.8 Å². The van der Waals surface area contributed by atoms with Crippen LogP contribution in [0.15, 0.2) is 0 Å². The summed E-state index contributed by atoms with van der Waals surface area (Å²) in [6, 6.07) is -2.34. The number of carbonyl (C=O) groups is 4. The lowest BCUT2D eigenvalue weighted by Crippen LogP contribution is -2.50. The smallest absolute Gasteiger partial charge is 0.322 e. The Balaban J connectivity index is 2.67. The summed E-state index contributed by atoms with van der Waals surface area (Å²) >= 11 is 1.26. The molecule has 178 valence electrons. The third-order valence-corrected chi connectivity index (χ3v) is 6.09. The lowest BCUT2D eigenvalue weighted by Gasteiger charge is -2.22. The first kappa shape index (κ1) is 22.3. The van der Waals surface area contributed by atoms with Crippen LogP contribution in [-0.4, -0.2) is 81.1 Å². The zero-order valence-corrected chi connectivity index (χ0v) is 17.9. The van der Waals surface area contributed by atoms with E-state index in [1.54, 1.807) is 0 Å². The molecular weight excluding hydrogens is 430 g/mol. The number of aliphatic hydroxyl groups is 1. The predicted molar refractivity (Wildman–Crippen MR) is 113 cm³/mol. The van der Waals surface area contributed by atoms with Gasteiger partial charge in [0.15, 0.2) is 6.29 Å². The molecule has 1 saturated heterocycles. The van der Waals surface area contributed by atoms with E-state index < -0.39 is 55.5 Å². The van der Waals surface area contributed by atoms with Crippen molar-refractivity contribution in [1.29, 1.82) is 0 Å². The minimum absolute atomic E-state index is 0.0503. The summed E-state index contributed by atoms with van der Waals surface area (Å²) in [4.78, 5) is 46.2. The van der Waals surface area contributed by atoms with Gasteiger partial charge in [-0.3, -0.25) is 19.2 Å². The van der Waals surface area contributed by atoms with Crippen LogP contribution in [0.25, 0.3) is 0 Å². The highest BCUT2D eigenvalue weighted by atomic mass is 32.2. The Kier molecular flexibility index (Phi) is 10.2. The van der Waals surface area contributed by atoms with E-state index >= 15 is 0 Å². The molecule has 5 atom stereocenters. The zero-order chi connectivity index (χ0) is 25.9. The van der Waals surface area contributed by atoms with Crippen LogP contribution < -0.4 is 16.4 Å². The summed E-state index contributed by atoms with van der Waals surface area (Å²) in [5.74, 6) is -3.81. The molecule has 11 nitrogen and oxygen atoms in total. The molecule has 1 aliphatic rings. The molecule has 0 bridgehead atoms. The average molecular weight is 467 g/mol. The lowest BCUT2D eigenvalue weighted by molar-refractivity contribution is -0.139. The van der Waals surface area contributed by atoms with Crippen LogP contribution in [0.4, 0.5) is 0 Å². The van der Waals surface area contributed by atoms with Gasteiger partial charge in [-0.15, -0.1) is 0 Å². The molecule has 0 radical (unpaired) electrons. The first-order chi connectivity index (χ1) is 15.8. The van der Waals surface area contributed by atoms with Gasteiger partial charge >= 0.3 is 11.9 Å². The molecule has 7 N–H and O–H groups in total. The molecule has 1 aliphatic heterocycles. The molecule has 31 heavy (non-hydrogen) atoms. The van der Waals surface area contributed by atoms with Crippen molar-refractivity contribution in [3.63, 3.8) is 0 Å². The van der Waals surface area contributed by atoms with Gasteiger partial charge in [-0.05, 0) is 12.8 Å². The van der Waals surface area contributed by atoms with Gasteiger partial charge in [0.25, 0.3) is 0 Å². The number of ether oxygens (including phenoxy) is 1. The minimum Gasteiger partial charge on any atom is -0.480 e. The first-order valence-electron chi connectivity index (χ1n) is 11.5. The molecule has 2 amide bonds. The van der Waals surface area contributed by atoms with Gasteiger partial charge in [0.05, 0.1) is 6.10 Å². The summed E-state index contributed by atoms with van der Waals surface area (Å²) in [5, 5.41) is 31.9. The van der Waals surface area contributed by atoms with Gasteiger partial charge in [-0.1, -0.05) is 26.1 Å². The second-order valence-electron chi connectivity index (χ2n) is 7.20. The Hall–Kier alpha value is -1.89. The fourth-order valence-electron chi connectivity index (χ4n) is 2.96. The van der Waals surface area contributed by atoms with Crippen molar-refractivity contribution in [3.05, 3.63) is 0 Å². The second-order valence-corrected chi connectivity index (χ2v) is 8.47. The minimum atomic E-state index is -2.01. The quantitative estimate of drug-likeness (QED) is 0.174. The largest absolute Gasteiger partial charge is 0.480 e. The number of aliphatic carboxylic acids is 2. The van der Waals surface area contributed by atoms with E-state index in [1.165, 1.54) is 11.8 Å². The van der Waals surface area contributed by atoms with Crippen molar-refractivity contribution < 1.29 is 43.3 Å². The molecule has 0 aromatic heterocycles. The van der Waals surface area contributed by atoms with Gasteiger partial charge in [0, 0.05) is 28.0 Å². The van der Waals surface area contributed by atoms with Crippen molar-refractivity contribution in [2.24, 2.45) is 5.73 Å². The summed E-state index contributed by atoms with van der Waals surface area (Å²) in [6.45, 7) is -2.65. The van der Waals surface area contributed by atoms with Crippen LogP contribution in [0.3, 0.4) is 0 Å². The number of nitrogens with one attached hydrogen (secondary N) is 2. The topological polar surface area (TPSA) is 188 Å². The standard InChI is InChI=1S/C19H33N3O8S/c1-2-3-4-5-13-14(8-17(26)30-13)31-10-12(18(27)21-9-16(24)25)22-15(23)7-6-11(20)19(28)29/h11-14,17,26H,2-10,20H2,1H3,(H,21,27)(H,22,23)(H,24,25)(H,28,29)/t11-,12+,13?,14+,17?/m1/s1/i1D3. The molecule has 0 aromatic carbocycles. The number of unbranched alkanes of at least 4 members (excludes halogenated alkanes) is 1. The molecule has 0 aliphatic carbocycles. The van der Waals surface area contributed by atoms with Crippen LogP contribution in [0, 0.1) is 0 Å². The molecular formula is C19H33N3O8S. The van der Waals surface area contributed by atoms with Crippen molar-refractivity contribution in [2.45, 2.75) is 81.5 Å². The van der Waals surface area contributed by atoms with Crippen LogP contribution in [0.1, 0.15) is 55.9 Å². The fourth-order valence-corrected chi connectivity index (χ4v) is 4.35. The highest BCUT2D eigenvalue weighted by molar-refractivity contribution is 8.00. The number of carboxylic acid groups (broad SMARTS) is 2. The second kappa shape index (κ2) is 14.2. The number of hydrogen-bond donors (Lipinski definition) is 6. The number of thioether (sulfide) groups is 1. The van der Waals surface area contributed by atoms with Crippen molar-refractivity contribution in [1.82, 2.24) is 10.6 Å². The van der Waals surface area contributed by atoms with Gasteiger partial charge < -0.3 is 36.4 Å². The molecule has 1 rings (SSSR count). The van der Waals surface area contributed by atoms with E-state index in [1.807, 2.05) is 0 Å². The van der Waals surface area contributed by atoms with Gasteiger partial charge in [0.1, 0.15) is 18.6 Å². The number of rotatable bonds is 15. The highest BCUT2D eigenvalue weighted by Crippen LogP contribution is 2.33. The van der Waals surface area contributed by atoms with E-state index in [2.05, 4.69) is 10.6 Å². The van der Waals surface area contributed by atoms with E-state index in [-0.39, 0.29) is 42.8 Å². The predicted octanol–water partition coefficient (Wildman–Crippen LogP) is -0.346. The first-order valence-corrected chi connectivity index (χ1v) is 11.1. The number of aliphatic hydroxyl groups excluding tert-OH is 1. The Morgan fingerprint density at radius 1 is 1.29 bits per heavy atom. The SMILES string of the molecule is [2H]C([2H])([2H])CCCCC1OC(O)C[C@@H]1SC[C@H](NC(=O)CC[C@@H](N)C(=O)O)C(=O)NCC(=O)O. The Bertz CT molecular complexity index is 713. The maximum absolute atomic E-state index is 12.4. The van der Waals surface area contributed by atoms with Crippen LogP contribution in [-0.2, 0) is 23.9 Å². The summed E-state index contributed by atoms with van der Waals surface area (Å²) in [5.41, 5.74) is 5.38. The number of carbonyl (C=O) groups excluding carboxylic acids is 2. The van der Waals surface area contributed by atoms with E-state index in [0.29, 0.717) is 19.3 Å². The van der Waals surface area contributed by atoms with Gasteiger partial charge in [0.2, 0.25) is 11.8 Å². The normalized spacial score (nSPS) is 24.3. The molecule has 0 spiro atoms. The molecule has 1 heterocycles. The third-order valence-electron chi connectivity index (χ3n) is 4.64. The van der Waals surface area contributed by atoms with E-state index in [9.17, 15) is 24.3 Å². The highest BCUT2D eigenvalue weighted by Gasteiger charge is 2.35. The maximum Gasteiger partial charge on any atom is 0.322 e.